The molecule has 1 fully saturated rings. The van der Waals surface area contributed by atoms with Crippen molar-refractivity contribution >= 4 is 17.7 Å². The first-order valence-corrected chi connectivity index (χ1v) is 9.09. The van der Waals surface area contributed by atoms with E-state index in [0.717, 1.165) is 25.1 Å². The molecule has 2 N–H and O–H groups in total. The number of aromatic nitrogens is 3. The lowest BCUT2D eigenvalue weighted by atomic mass is 9.94. The lowest BCUT2D eigenvalue weighted by Gasteiger charge is -2.29. The van der Waals surface area contributed by atoms with Crippen molar-refractivity contribution in [1.29, 1.82) is 0 Å². The number of nitrogens with zero attached hydrogens (tertiary/aromatic N) is 4. The second-order valence-electron chi connectivity index (χ2n) is 6.40. The summed E-state index contributed by atoms with van der Waals surface area (Å²) in [6.45, 7) is 3.97. The van der Waals surface area contributed by atoms with Gasteiger partial charge in [-0.05, 0) is 33.4 Å². The van der Waals surface area contributed by atoms with Gasteiger partial charge in [0.2, 0.25) is 11.1 Å². The maximum Gasteiger partial charge on any atom is 0.233 e. The van der Waals surface area contributed by atoms with Crippen molar-refractivity contribution in [3.8, 4) is 0 Å². The van der Waals surface area contributed by atoms with Crippen LogP contribution in [0.15, 0.2) is 5.16 Å². The number of hydrogen-bond donors (Lipinski definition) is 2. The van der Waals surface area contributed by atoms with Crippen LogP contribution in [0.25, 0.3) is 0 Å². The van der Waals surface area contributed by atoms with Gasteiger partial charge in [0.1, 0.15) is 5.82 Å². The molecule has 1 amide bonds. The minimum absolute atomic E-state index is 0.0898. The van der Waals surface area contributed by atoms with E-state index in [9.17, 15) is 9.90 Å². The van der Waals surface area contributed by atoms with E-state index < -0.39 is 5.60 Å². The molecule has 1 aromatic heterocycles. The lowest BCUT2D eigenvalue weighted by molar-refractivity contribution is -0.128. The third-order valence-corrected chi connectivity index (χ3v) is 4.88. The molecule has 1 atom stereocenters. The molecule has 8 heteroatoms. The molecule has 0 radical (unpaired) electrons. The second kappa shape index (κ2) is 8.12. The van der Waals surface area contributed by atoms with Crippen molar-refractivity contribution in [2.45, 2.75) is 43.4 Å². The topological polar surface area (TPSA) is 85.3 Å². The number of H-pyrrole nitrogens is 1. The third kappa shape index (κ3) is 5.47. The average Bonchev–Trinajstić information content (AvgIpc) is 2.87. The molecule has 2 heterocycles. The standard InChI is InChI=1S/C15H27N5O2S/c1-4-12-16-14(18-17-12)23-10-13(21)20-8-5-6-15(22,7-9-20)11-19(2)3/h22H,4-11H2,1-3H3,(H,16,17,18). The smallest absolute Gasteiger partial charge is 0.233 e. The number of amides is 1. The molecular formula is C15H27N5O2S. The average molecular weight is 341 g/mol. The molecule has 1 aromatic rings. The van der Waals surface area contributed by atoms with E-state index in [0.29, 0.717) is 37.0 Å². The Hall–Kier alpha value is -1.12. The number of aromatic amines is 1. The molecule has 1 unspecified atom stereocenters. The Kier molecular flexibility index (Phi) is 6.43. The maximum atomic E-state index is 12.4. The van der Waals surface area contributed by atoms with Crippen LogP contribution in [-0.2, 0) is 11.2 Å². The fourth-order valence-corrected chi connectivity index (χ4v) is 3.61. The van der Waals surface area contributed by atoms with Gasteiger partial charge in [0.15, 0.2) is 0 Å². The van der Waals surface area contributed by atoms with Crippen LogP contribution in [0.1, 0.15) is 32.0 Å². The number of likely N-dealkylation sites (N-methyl/N-ethyl adjacent to an activating group) is 1. The van der Waals surface area contributed by atoms with Gasteiger partial charge in [-0.1, -0.05) is 18.7 Å². The summed E-state index contributed by atoms with van der Waals surface area (Å²) in [7, 11) is 3.92. The largest absolute Gasteiger partial charge is 0.388 e. The highest BCUT2D eigenvalue weighted by Gasteiger charge is 2.31. The quantitative estimate of drug-likeness (QED) is 0.743. The zero-order valence-corrected chi connectivity index (χ0v) is 15.0. The Morgan fingerprint density at radius 3 is 2.87 bits per heavy atom. The van der Waals surface area contributed by atoms with E-state index in [4.69, 9.17) is 0 Å². The lowest BCUT2D eigenvalue weighted by Crippen LogP contribution is -2.41. The van der Waals surface area contributed by atoms with Crippen LogP contribution in [0.3, 0.4) is 0 Å². The maximum absolute atomic E-state index is 12.4. The van der Waals surface area contributed by atoms with Crippen LogP contribution in [0.5, 0.6) is 0 Å². The van der Waals surface area contributed by atoms with Crippen molar-refractivity contribution in [2.24, 2.45) is 0 Å². The van der Waals surface area contributed by atoms with Crippen LogP contribution in [0, 0.1) is 0 Å². The number of thioether (sulfide) groups is 1. The summed E-state index contributed by atoms with van der Waals surface area (Å²) in [4.78, 5) is 20.5. The van der Waals surface area contributed by atoms with Gasteiger partial charge < -0.3 is 14.9 Å². The predicted molar refractivity (Wildman–Crippen MR) is 90.4 cm³/mol. The van der Waals surface area contributed by atoms with Gasteiger partial charge in [-0.3, -0.25) is 9.89 Å². The van der Waals surface area contributed by atoms with Crippen molar-refractivity contribution in [1.82, 2.24) is 25.0 Å². The molecule has 1 saturated heterocycles. The molecule has 2 rings (SSSR count). The zero-order chi connectivity index (χ0) is 16.9. The van der Waals surface area contributed by atoms with Crippen LogP contribution < -0.4 is 0 Å². The number of likely N-dealkylation sites (tertiary alicyclic amines) is 1. The summed E-state index contributed by atoms with van der Waals surface area (Å²) < 4.78 is 0. The Labute approximate surface area is 141 Å². The normalized spacial score (nSPS) is 22.4. The Morgan fingerprint density at radius 1 is 1.43 bits per heavy atom. The fraction of sp³-hybridized carbons (Fsp3) is 0.800. The van der Waals surface area contributed by atoms with E-state index in [-0.39, 0.29) is 5.91 Å². The number of aliphatic hydroxyl groups is 1. The number of rotatable bonds is 6. The van der Waals surface area contributed by atoms with Gasteiger partial charge in [0.05, 0.1) is 11.4 Å². The predicted octanol–water partition coefficient (Wildman–Crippen LogP) is 0.764. The van der Waals surface area contributed by atoms with Gasteiger partial charge in [-0.15, -0.1) is 5.10 Å². The Bertz CT molecular complexity index is 522. The van der Waals surface area contributed by atoms with Gasteiger partial charge in [-0.2, -0.15) is 0 Å². The number of nitrogens with one attached hydrogen (secondary N) is 1. The first kappa shape index (κ1) is 18.2. The zero-order valence-electron chi connectivity index (χ0n) is 14.2. The first-order chi connectivity index (χ1) is 10.9. The van der Waals surface area contributed by atoms with E-state index in [1.54, 1.807) is 0 Å². The number of hydrogen-bond acceptors (Lipinski definition) is 6. The fourth-order valence-electron chi connectivity index (χ4n) is 2.89. The summed E-state index contributed by atoms with van der Waals surface area (Å²) in [5.74, 6) is 1.27. The summed E-state index contributed by atoms with van der Waals surface area (Å²) in [5, 5.41) is 18.2. The molecule has 1 aliphatic heterocycles. The highest BCUT2D eigenvalue weighted by Crippen LogP contribution is 2.24. The van der Waals surface area contributed by atoms with Crippen LogP contribution in [0.4, 0.5) is 0 Å². The summed E-state index contributed by atoms with van der Waals surface area (Å²) in [6, 6.07) is 0. The van der Waals surface area contributed by atoms with E-state index >= 15 is 0 Å². The Balaban J connectivity index is 1.83. The number of aryl methyl sites for hydroxylation is 1. The molecular weight excluding hydrogens is 314 g/mol. The van der Waals surface area contributed by atoms with Gasteiger partial charge in [0.25, 0.3) is 0 Å². The molecule has 7 nitrogen and oxygen atoms in total. The highest BCUT2D eigenvalue weighted by molar-refractivity contribution is 7.99. The molecule has 0 aliphatic carbocycles. The van der Waals surface area contributed by atoms with E-state index in [2.05, 4.69) is 15.2 Å². The van der Waals surface area contributed by atoms with E-state index in [1.807, 2.05) is 30.8 Å². The second-order valence-corrected chi connectivity index (χ2v) is 7.35. The molecule has 0 bridgehead atoms. The molecule has 1 aliphatic rings. The molecule has 23 heavy (non-hydrogen) atoms. The van der Waals surface area contributed by atoms with Crippen molar-refractivity contribution in [3.63, 3.8) is 0 Å². The van der Waals surface area contributed by atoms with Gasteiger partial charge >= 0.3 is 0 Å². The first-order valence-electron chi connectivity index (χ1n) is 8.11. The van der Waals surface area contributed by atoms with E-state index in [1.165, 1.54) is 11.8 Å². The summed E-state index contributed by atoms with van der Waals surface area (Å²) in [6.07, 6.45) is 3.00. The molecule has 0 spiro atoms. The van der Waals surface area contributed by atoms with Crippen LogP contribution in [-0.4, -0.2) is 81.1 Å². The number of carbonyl (C=O) groups excluding carboxylic acids is 1. The Morgan fingerprint density at radius 2 is 2.22 bits per heavy atom. The van der Waals surface area contributed by atoms with Crippen LogP contribution >= 0.6 is 11.8 Å². The number of carbonyl (C=O) groups is 1. The minimum Gasteiger partial charge on any atom is -0.388 e. The van der Waals surface area contributed by atoms with Gasteiger partial charge in [-0.25, -0.2) is 4.98 Å². The third-order valence-electron chi connectivity index (χ3n) is 4.05. The highest BCUT2D eigenvalue weighted by atomic mass is 32.2. The summed E-state index contributed by atoms with van der Waals surface area (Å²) >= 11 is 1.36. The summed E-state index contributed by atoms with van der Waals surface area (Å²) in [5.41, 5.74) is -0.689. The van der Waals surface area contributed by atoms with Gasteiger partial charge in [0, 0.05) is 26.1 Å². The monoisotopic (exact) mass is 341 g/mol. The van der Waals surface area contributed by atoms with Crippen molar-refractivity contribution in [3.05, 3.63) is 5.82 Å². The minimum atomic E-state index is -0.689. The van der Waals surface area contributed by atoms with Crippen molar-refractivity contribution in [2.75, 3.05) is 39.5 Å². The SMILES string of the molecule is CCc1nc(SCC(=O)N2CCCC(O)(CN(C)C)CC2)n[nH]1. The molecule has 0 saturated carbocycles. The molecule has 0 aromatic carbocycles. The van der Waals surface area contributed by atoms with Crippen LogP contribution in [0.2, 0.25) is 0 Å². The molecule has 130 valence electrons. The van der Waals surface area contributed by atoms with Crippen molar-refractivity contribution < 1.29 is 9.90 Å².